The number of unbranched alkanes of at least 4 members (excludes halogenated alkanes) is 2. The Hall–Kier alpha value is -2.36. The monoisotopic (exact) mass is 449 g/mol. The summed E-state index contributed by atoms with van der Waals surface area (Å²) in [6, 6.07) is 5.83. The zero-order valence-corrected chi connectivity index (χ0v) is 19.0. The molecule has 3 rings (SSSR count). The van der Waals surface area contributed by atoms with E-state index in [1.165, 1.54) is 0 Å². The van der Waals surface area contributed by atoms with Gasteiger partial charge in [0.2, 0.25) is 17.8 Å². The van der Waals surface area contributed by atoms with E-state index < -0.39 is 0 Å². The van der Waals surface area contributed by atoms with Crippen LogP contribution in [0.1, 0.15) is 32.1 Å². The molecule has 2 heterocycles. The highest BCUT2D eigenvalue weighted by Crippen LogP contribution is 2.29. The SMILES string of the molecule is COc1ccc(Nc2nc(NCCCCCO)nc(N(C)C3CCNCC3)n2)cc1Cl. The van der Waals surface area contributed by atoms with Crippen molar-refractivity contribution in [2.24, 2.45) is 0 Å². The molecule has 170 valence electrons. The molecule has 0 bridgehead atoms. The summed E-state index contributed by atoms with van der Waals surface area (Å²) in [5.41, 5.74) is 0.765. The zero-order valence-electron chi connectivity index (χ0n) is 18.2. The molecule has 4 N–H and O–H groups in total. The summed E-state index contributed by atoms with van der Waals surface area (Å²) in [6.45, 7) is 2.93. The second-order valence-electron chi connectivity index (χ2n) is 7.56. The highest BCUT2D eigenvalue weighted by molar-refractivity contribution is 6.32. The number of nitrogens with one attached hydrogen (secondary N) is 3. The molecule has 1 fully saturated rings. The molecule has 0 atom stereocenters. The molecule has 1 saturated heterocycles. The summed E-state index contributed by atoms with van der Waals surface area (Å²) in [5, 5.41) is 19.4. The van der Waals surface area contributed by atoms with Crippen LogP contribution < -0.4 is 25.6 Å². The number of aliphatic hydroxyl groups is 1. The Balaban J connectivity index is 1.78. The molecule has 1 aliphatic heterocycles. The van der Waals surface area contributed by atoms with Gasteiger partial charge in [-0.25, -0.2) is 0 Å². The van der Waals surface area contributed by atoms with Crippen molar-refractivity contribution in [1.29, 1.82) is 0 Å². The predicted octanol–water partition coefficient (Wildman–Crippen LogP) is 3.04. The molecule has 0 amide bonds. The lowest BCUT2D eigenvalue weighted by molar-refractivity contribution is 0.283. The summed E-state index contributed by atoms with van der Waals surface area (Å²) < 4.78 is 5.22. The minimum absolute atomic E-state index is 0.218. The van der Waals surface area contributed by atoms with Gasteiger partial charge in [-0.1, -0.05) is 11.6 Å². The van der Waals surface area contributed by atoms with Crippen LogP contribution in [0.2, 0.25) is 5.02 Å². The maximum Gasteiger partial charge on any atom is 0.233 e. The van der Waals surface area contributed by atoms with Crippen LogP contribution in [0.15, 0.2) is 18.2 Å². The number of hydrogen-bond donors (Lipinski definition) is 4. The lowest BCUT2D eigenvalue weighted by atomic mass is 10.1. The number of ether oxygens (including phenoxy) is 1. The zero-order chi connectivity index (χ0) is 22.1. The lowest BCUT2D eigenvalue weighted by Gasteiger charge is -2.31. The summed E-state index contributed by atoms with van der Waals surface area (Å²) >= 11 is 6.26. The first kappa shape index (κ1) is 23.3. The third-order valence-corrected chi connectivity index (χ3v) is 5.62. The number of aliphatic hydroxyl groups excluding tert-OH is 1. The van der Waals surface area contributed by atoms with Crippen molar-refractivity contribution in [3.05, 3.63) is 23.2 Å². The van der Waals surface area contributed by atoms with Crippen molar-refractivity contribution in [2.75, 3.05) is 55.9 Å². The molecule has 0 spiro atoms. The van der Waals surface area contributed by atoms with Crippen LogP contribution in [-0.4, -0.2) is 66.5 Å². The van der Waals surface area contributed by atoms with Crippen molar-refractivity contribution >= 4 is 35.1 Å². The highest BCUT2D eigenvalue weighted by Gasteiger charge is 2.21. The number of methoxy groups -OCH3 is 1. The number of halogens is 1. The van der Waals surface area contributed by atoms with Gasteiger partial charge in [0.15, 0.2) is 0 Å². The van der Waals surface area contributed by atoms with E-state index in [0.29, 0.717) is 34.7 Å². The Labute approximate surface area is 188 Å². The maximum atomic E-state index is 8.94. The Bertz CT molecular complexity index is 833. The number of aromatic nitrogens is 3. The van der Waals surface area contributed by atoms with Gasteiger partial charge in [-0.15, -0.1) is 0 Å². The molecule has 0 saturated carbocycles. The highest BCUT2D eigenvalue weighted by atomic mass is 35.5. The fourth-order valence-electron chi connectivity index (χ4n) is 3.50. The molecular weight excluding hydrogens is 418 g/mol. The van der Waals surface area contributed by atoms with E-state index in [0.717, 1.165) is 57.4 Å². The number of benzene rings is 1. The fraction of sp³-hybridized carbons (Fsp3) is 0.571. The van der Waals surface area contributed by atoms with Crippen molar-refractivity contribution in [3.63, 3.8) is 0 Å². The van der Waals surface area contributed by atoms with Crippen molar-refractivity contribution in [2.45, 2.75) is 38.1 Å². The van der Waals surface area contributed by atoms with Crippen LogP contribution in [0, 0.1) is 0 Å². The maximum absolute atomic E-state index is 8.94. The smallest absolute Gasteiger partial charge is 0.233 e. The van der Waals surface area contributed by atoms with Crippen LogP contribution in [0.5, 0.6) is 5.75 Å². The largest absolute Gasteiger partial charge is 0.495 e. The van der Waals surface area contributed by atoms with E-state index in [4.69, 9.17) is 21.4 Å². The third-order valence-electron chi connectivity index (χ3n) is 5.32. The third kappa shape index (κ3) is 6.81. The van der Waals surface area contributed by atoms with Crippen molar-refractivity contribution in [1.82, 2.24) is 20.3 Å². The average Bonchev–Trinajstić information content (AvgIpc) is 2.79. The van der Waals surface area contributed by atoms with Gasteiger partial charge in [0, 0.05) is 31.9 Å². The number of hydrogen-bond acceptors (Lipinski definition) is 9. The van der Waals surface area contributed by atoms with Crippen LogP contribution in [0.25, 0.3) is 0 Å². The van der Waals surface area contributed by atoms with E-state index in [-0.39, 0.29) is 6.61 Å². The Kier molecular flexibility index (Phi) is 8.93. The van der Waals surface area contributed by atoms with Gasteiger partial charge < -0.3 is 30.7 Å². The molecule has 1 aromatic heterocycles. The summed E-state index contributed by atoms with van der Waals surface area (Å²) in [7, 11) is 3.62. The second-order valence-corrected chi connectivity index (χ2v) is 7.97. The predicted molar refractivity (Wildman–Crippen MR) is 125 cm³/mol. The van der Waals surface area contributed by atoms with E-state index in [1.807, 2.05) is 13.1 Å². The van der Waals surface area contributed by atoms with Gasteiger partial charge in [-0.2, -0.15) is 15.0 Å². The molecule has 10 heteroatoms. The molecule has 31 heavy (non-hydrogen) atoms. The van der Waals surface area contributed by atoms with Gasteiger partial charge in [0.25, 0.3) is 0 Å². The van der Waals surface area contributed by atoms with Crippen LogP contribution in [0.3, 0.4) is 0 Å². The molecule has 2 aromatic rings. The minimum atomic E-state index is 0.218. The first-order valence-corrected chi connectivity index (χ1v) is 11.1. The summed E-state index contributed by atoms with van der Waals surface area (Å²) in [5.74, 6) is 2.21. The molecule has 0 radical (unpaired) electrons. The van der Waals surface area contributed by atoms with Gasteiger partial charge >= 0.3 is 0 Å². The summed E-state index contributed by atoms with van der Waals surface area (Å²) in [4.78, 5) is 16.0. The number of piperidine rings is 1. The molecule has 9 nitrogen and oxygen atoms in total. The Morgan fingerprint density at radius 1 is 1.16 bits per heavy atom. The van der Waals surface area contributed by atoms with Crippen molar-refractivity contribution < 1.29 is 9.84 Å². The molecule has 1 aliphatic rings. The van der Waals surface area contributed by atoms with Gasteiger partial charge in [0.1, 0.15) is 5.75 Å². The van der Waals surface area contributed by atoms with E-state index in [1.54, 1.807) is 19.2 Å². The lowest BCUT2D eigenvalue weighted by Crippen LogP contribution is -2.42. The van der Waals surface area contributed by atoms with Gasteiger partial charge in [0.05, 0.1) is 12.1 Å². The number of nitrogens with zero attached hydrogens (tertiary/aromatic N) is 4. The number of anilines is 4. The van der Waals surface area contributed by atoms with E-state index in [2.05, 4.69) is 35.8 Å². The van der Waals surface area contributed by atoms with Crippen LogP contribution >= 0.6 is 11.6 Å². The van der Waals surface area contributed by atoms with Crippen LogP contribution in [0.4, 0.5) is 23.5 Å². The topological polar surface area (TPSA) is 107 Å². The quantitative estimate of drug-likeness (QED) is 0.385. The molecule has 0 unspecified atom stereocenters. The normalized spacial score (nSPS) is 14.3. The van der Waals surface area contributed by atoms with E-state index in [9.17, 15) is 0 Å². The number of rotatable bonds is 11. The molecular formula is C21H32ClN7O2. The second kappa shape index (κ2) is 11.9. The molecule has 0 aliphatic carbocycles. The van der Waals surface area contributed by atoms with Gasteiger partial charge in [-0.3, -0.25) is 0 Å². The van der Waals surface area contributed by atoms with E-state index >= 15 is 0 Å². The Morgan fingerprint density at radius 3 is 2.65 bits per heavy atom. The fourth-order valence-corrected chi connectivity index (χ4v) is 3.76. The summed E-state index contributed by atoms with van der Waals surface area (Å²) in [6.07, 6.45) is 4.77. The average molecular weight is 450 g/mol. The van der Waals surface area contributed by atoms with Crippen molar-refractivity contribution in [3.8, 4) is 5.75 Å². The standard InChI is InChI=1S/C21H32ClN7O2/c1-29(16-8-11-23-12-9-16)21-27-19(24-10-4-3-5-13-30)26-20(28-21)25-15-6-7-18(31-2)17(22)14-15/h6-7,14,16,23,30H,3-5,8-13H2,1-2H3,(H2,24,25,26,27,28). The molecule has 1 aromatic carbocycles. The van der Waals surface area contributed by atoms with Gasteiger partial charge in [-0.05, 0) is 63.4 Å². The first-order chi connectivity index (χ1) is 15.1. The Morgan fingerprint density at radius 2 is 1.94 bits per heavy atom. The minimum Gasteiger partial charge on any atom is -0.495 e. The first-order valence-electron chi connectivity index (χ1n) is 10.8. The van der Waals surface area contributed by atoms with Crippen LogP contribution in [-0.2, 0) is 0 Å².